The van der Waals surface area contributed by atoms with Crippen LogP contribution in [-0.4, -0.2) is 30.2 Å². The van der Waals surface area contributed by atoms with Gasteiger partial charge in [0.2, 0.25) is 0 Å². The predicted octanol–water partition coefficient (Wildman–Crippen LogP) is 4.71. The smallest absolute Gasteiger partial charge is 0.414 e. The van der Waals surface area contributed by atoms with Crippen LogP contribution < -0.4 is 4.90 Å². The van der Waals surface area contributed by atoms with Crippen LogP contribution in [0.25, 0.3) is 0 Å². The van der Waals surface area contributed by atoms with Crippen molar-refractivity contribution in [1.29, 1.82) is 0 Å². The lowest BCUT2D eigenvalue weighted by Crippen LogP contribution is -2.34. The van der Waals surface area contributed by atoms with Crippen molar-refractivity contribution in [3.8, 4) is 0 Å². The first-order valence-electron chi connectivity index (χ1n) is 9.61. The Labute approximate surface area is 166 Å². The van der Waals surface area contributed by atoms with Gasteiger partial charge in [0.25, 0.3) is 0 Å². The summed E-state index contributed by atoms with van der Waals surface area (Å²) in [4.78, 5) is 16.4. The number of benzene rings is 3. The molecule has 1 saturated heterocycles. The van der Waals surface area contributed by atoms with Crippen LogP contribution in [0.4, 0.5) is 10.5 Å². The summed E-state index contributed by atoms with van der Waals surface area (Å²) in [5.74, 6) is 0. The highest BCUT2D eigenvalue weighted by atomic mass is 16.6. The Morgan fingerprint density at radius 3 is 1.82 bits per heavy atom. The molecule has 3 aromatic carbocycles. The summed E-state index contributed by atoms with van der Waals surface area (Å²) in [6.07, 6.45) is -0.421. The zero-order valence-electron chi connectivity index (χ0n) is 15.8. The molecular formula is C24H24N2O2. The third-order valence-electron chi connectivity index (χ3n) is 4.90. The molecule has 0 N–H and O–H groups in total. The second kappa shape index (κ2) is 8.72. The van der Waals surface area contributed by atoms with E-state index in [1.165, 1.54) is 11.1 Å². The summed E-state index contributed by atoms with van der Waals surface area (Å²) in [6.45, 7) is 2.89. The molecule has 28 heavy (non-hydrogen) atoms. The van der Waals surface area contributed by atoms with Gasteiger partial charge in [-0.1, -0.05) is 78.9 Å². The monoisotopic (exact) mass is 372 g/mol. The normalized spacial score (nSPS) is 16.4. The van der Waals surface area contributed by atoms with Crippen LogP contribution in [0.5, 0.6) is 0 Å². The molecule has 1 aliphatic rings. The molecule has 0 unspecified atom stereocenters. The van der Waals surface area contributed by atoms with Gasteiger partial charge >= 0.3 is 6.09 Å². The van der Waals surface area contributed by atoms with Crippen molar-refractivity contribution < 1.29 is 9.53 Å². The highest BCUT2D eigenvalue weighted by Gasteiger charge is 2.33. The second-order valence-corrected chi connectivity index (χ2v) is 7.09. The Hall–Kier alpha value is -3.11. The predicted molar refractivity (Wildman–Crippen MR) is 111 cm³/mol. The van der Waals surface area contributed by atoms with Gasteiger partial charge in [-0.15, -0.1) is 0 Å². The van der Waals surface area contributed by atoms with Crippen molar-refractivity contribution in [2.24, 2.45) is 0 Å². The third kappa shape index (κ3) is 4.59. The van der Waals surface area contributed by atoms with Crippen LogP contribution >= 0.6 is 0 Å². The summed E-state index contributed by atoms with van der Waals surface area (Å²) < 4.78 is 5.68. The Balaban J connectivity index is 1.46. The van der Waals surface area contributed by atoms with E-state index < -0.39 is 0 Å². The van der Waals surface area contributed by atoms with Gasteiger partial charge in [0.15, 0.2) is 0 Å². The summed E-state index contributed by atoms with van der Waals surface area (Å²) in [5, 5.41) is 0. The molecule has 0 aromatic heterocycles. The molecule has 4 heteroatoms. The molecule has 1 atom stereocenters. The van der Waals surface area contributed by atoms with Crippen LogP contribution in [0, 0.1) is 0 Å². The molecule has 0 saturated carbocycles. The van der Waals surface area contributed by atoms with Gasteiger partial charge < -0.3 is 4.74 Å². The summed E-state index contributed by atoms with van der Waals surface area (Å²) >= 11 is 0. The fourth-order valence-corrected chi connectivity index (χ4v) is 3.59. The van der Waals surface area contributed by atoms with Crippen molar-refractivity contribution in [3.63, 3.8) is 0 Å². The van der Waals surface area contributed by atoms with E-state index in [-0.39, 0.29) is 12.2 Å². The lowest BCUT2D eigenvalue weighted by atomic mass is 10.1. The zero-order valence-corrected chi connectivity index (χ0v) is 15.8. The fraction of sp³-hybridized carbons (Fsp3) is 0.208. The second-order valence-electron chi connectivity index (χ2n) is 7.09. The minimum atomic E-state index is -0.268. The molecule has 3 aromatic rings. The molecule has 1 fully saturated rings. The van der Waals surface area contributed by atoms with Crippen LogP contribution in [0.1, 0.15) is 11.1 Å². The number of carbonyl (C=O) groups excluding carboxylic acids is 1. The largest absolute Gasteiger partial charge is 0.443 e. The highest BCUT2D eigenvalue weighted by molar-refractivity contribution is 5.89. The molecule has 0 aliphatic carbocycles. The number of ether oxygens (including phenoxy) is 1. The Kier molecular flexibility index (Phi) is 5.69. The van der Waals surface area contributed by atoms with Crippen molar-refractivity contribution in [1.82, 2.24) is 4.90 Å². The highest BCUT2D eigenvalue weighted by Crippen LogP contribution is 2.22. The number of hydrogen-bond donors (Lipinski definition) is 0. The van der Waals surface area contributed by atoms with Gasteiger partial charge in [-0.2, -0.15) is 0 Å². The standard InChI is InChI=1S/C24H24N2O2/c27-24-26(22-14-8-3-9-15-22)19-23(28-24)18-25(16-20-10-4-1-5-11-20)17-21-12-6-2-7-13-21/h1-15,23H,16-19H2/t23-/m1/s1. The van der Waals surface area contributed by atoms with Crippen LogP contribution in [0.2, 0.25) is 0 Å². The van der Waals surface area contributed by atoms with E-state index in [4.69, 9.17) is 4.74 Å². The zero-order chi connectivity index (χ0) is 19.2. The molecule has 1 heterocycles. The number of rotatable bonds is 7. The Bertz CT molecular complexity index is 843. The molecule has 0 radical (unpaired) electrons. The average Bonchev–Trinajstić information content (AvgIpc) is 3.10. The maximum atomic E-state index is 12.4. The van der Waals surface area contributed by atoms with E-state index in [1.54, 1.807) is 4.90 Å². The fourth-order valence-electron chi connectivity index (χ4n) is 3.59. The Morgan fingerprint density at radius 1 is 0.786 bits per heavy atom. The third-order valence-corrected chi connectivity index (χ3v) is 4.90. The quantitative estimate of drug-likeness (QED) is 0.602. The number of amides is 1. The maximum absolute atomic E-state index is 12.4. The van der Waals surface area contributed by atoms with Crippen LogP contribution in [0.3, 0.4) is 0 Å². The van der Waals surface area contributed by atoms with Crippen molar-refractivity contribution in [2.45, 2.75) is 19.2 Å². The first-order valence-corrected chi connectivity index (χ1v) is 9.61. The summed E-state index contributed by atoms with van der Waals surface area (Å²) in [6, 6.07) is 30.5. The van der Waals surface area contributed by atoms with Gasteiger partial charge in [-0.3, -0.25) is 9.80 Å². The summed E-state index contributed by atoms with van der Waals surface area (Å²) in [7, 11) is 0. The maximum Gasteiger partial charge on any atom is 0.414 e. The van der Waals surface area contributed by atoms with Gasteiger partial charge in [-0.25, -0.2) is 4.79 Å². The SMILES string of the molecule is O=C1O[C@H](CN(Cc2ccccc2)Cc2ccccc2)CN1c1ccccc1. The molecular weight excluding hydrogens is 348 g/mol. The Morgan fingerprint density at radius 2 is 1.29 bits per heavy atom. The van der Waals surface area contributed by atoms with E-state index >= 15 is 0 Å². The van der Waals surface area contributed by atoms with Crippen LogP contribution in [0.15, 0.2) is 91.0 Å². The van der Waals surface area contributed by atoms with E-state index in [9.17, 15) is 4.79 Å². The number of carbonyl (C=O) groups is 1. The van der Waals surface area contributed by atoms with Crippen molar-refractivity contribution in [3.05, 3.63) is 102 Å². The molecule has 0 spiro atoms. The minimum absolute atomic E-state index is 0.153. The molecule has 4 nitrogen and oxygen atoms in total. The van der Waals surface area contributed by atoms with Crippen LogP contribution in [-0.2, 0) is 17.8 Å². The molecule has 4 rings (SSSR count). The van der Waals surface area contributed by atoms with E-state index in [1.807, 2.05) is 42.5 Å². The van der Waals surface area contributed by atoms with Gasteiger partial charge in [0, 0.05) is 25.3 Å². The average molecular weight is 372 g/mol. The topological polar surface area (TPSA) is 32.8 Å². The number of cyclic esters (lactones) is 1. The minimum Gasteiger partial charge on any atom is -0.443 e. The molecule has 1 amide bonds. The molecule has 1 aliphatic heterocycles. The van der Waals surface area contributed by atoms with Crippen molar-refractivity contribution in [2.75, 3.05) is 18.0 Å². The first-order chi connectivity index (χ1) is 13.8. The van der Waals surface area contributed by atoms with Crippen molar-refractivity contribution >= 4 is 11.8 Å². The summed E-state index contributed by atoms with van der Waals surface area (Å²) in [5.41, 5.74) is 3.39. The van der Waals surface area contributed by atoms with E-state index in [0.29, 0.717) is 13.1 Å². The number of para-hydroxylation sites is 1. The van der Waals surface area contributed by atoms with E-state index in [2.05, 4.69) is 53.4 Å². The molecule has 0 bridgehead atoms. The van der Waals surface area contributed by atoms with E-state index in [0.717, 1.165) is 18.8 Å². The molecule has 142 valence electrons. The lowest BCUT2D eigenvalue weighted by molar-refractivity contribution is 0.103. The van der Waals surface area contributed by atoms with Gasteiger partial charge in [-0.05, 0) is 23.3 Å². The lowest BCUT2D eigenvalue weighted by Gasteiger charge is -2.25. The van der Waals surface area contributed by atoms with Gasteiger partial charge in [0.05, 0.1) is 6.54 Å². The number of nitrogens with zero attached hydrogens (tertiary/aromatic N) is 2. The first kappa shape index (κ1) is 18.3. The number of hydrogen-bond acceptors (Lipinski definition) is 3. The van der Waals surface area contributed by atoms with Gasteiger partial charge in [0.1, 0.15) is 6.10 Å². The number of anilines is 1.